The minimum atomic E-state index is -3.56. The van der Waals surface area contributed by atoms with Gasteiger partial charge < -0.3 is 5.73 Å². The van der Waals surface area contributed by atoms with Crippen molar-refractivity contribution >= 4 is 15.7 Å². The van der Waals surface area contributed by atoms with Crippen LogP contribution in [0.15, 0.2) is 17.0 Å². The third-order valence-corrected chi connectivity index (χ3v) is 5.45. The molecule has 3 N–H and O–H groups in total. The zero-order chi connectivity index (χ0) is 15.7. The Labute approximate surface area is 122 Å². The lowest BCUT2D eigenvalue weighted by molar-refractivity contribution is 0.263. The minimum absolute atomic E-state index is 0.0528. The fourth-order valence-corrected chi connectivity index (χ4v) is 2.99. The van der Waals surface area contributed by atoms with Crippen LogP contribution in [0.4, 0.5) is 5.69 Å². The Hall–Kier alpha value is -1.07. The molecule has 0 radical (unpaired) electrons. The van der Waals surface area contributed by atoms with E-state index in [0.717, 1.165) is 11.1 Å². The lowest BCUT2D eigenvalue weighted by atomic mass is 9.82. The lowest BCUT2D eigenvalue weighted by Gasteiger charge is -2.27. The van der Waals surface area contributed by atoms with E-state index in [-0.39, 0.29) is 16.2 Å². The zero-order valence-electron chi connectivity index (χ0n) is 13.2. The smallest absolute Gasteiger partial charge is 0.242 e. The van der Waals surface area contributed by atoms with Gasteiger partial charge in [0.15, 0.2) is 0 Å². The summed E-state index contributed by atoms with van der Waals surface area (Å²) in [5.74, 6) is 0.227. The number of sulfonamides is 1. The van der Waals surface area contributed by atoms with Crippen molar-refractivity contribution in [2.24, 2.45) is 11.3 Å². The standard InChI is InChI=1S/C15H26N2O2S/c1-10-7-13(16)14(8-11(10)2)20(18,19)17-9-12(3)15(4,5)6/h7-8,12,17H,9,16H2,1-6H3. The van der Waals surface area contributed by atoms with Crippen molar-refractivity contribution in [1.29, 1.82) is 0 Å². The molecule has 0 amide bonds. The first kappa shape index (κ1) is 17.0. The van der Waals surface area contributed by atoms with Crippen LogP contribution in [-0.2, 0) is 10.0 Å². The van der Waals surface area contributed by atoms with Gasteiger partial charge in [0.25, 0.3) is 0 Å². The molecule has 20 heavy (non-hydrogen) atoms. The van der Waals surface area contributed by atoms with Gasteiger partial charge in [0, 0.05) is 6.54 Å². The number of rotatable bonds is 4. The maximum absolute atomic E-state index is 12.4. The zero-order valence-corrected chi connectivity index (χ0v) is 14.1. The molecule has 0 bridgehead atoms. The third kappa shape index (κ3) is 3.96. The summed E-state index contributed by atoms with van der Waals surface area (Å²) in [6.07, 6.45) is 0. The summed E-state index contributed by atoms with van der Waals surface area (Å²) >= 11 is 0. The van der Waals surface area contributed by atoms with Gasteiger partial charge in [-0.3, -0.25) is 0 Å². The molecule has 0 saturated carbocycles. The molecular weight excluding hydrogens is 272 g/mol. The van der Waals surface area contributed by atoms with E-state index in [0.29, 0.717) is 12.2 Å². The summed E-state index contributed by atoms with van der Waals surface area (Å²) in [5, 5.41) is 0. The Morgan fingerprint density at radius 2 is 1.70 bits per heavy atom. The number of aryl methyl sites for hydroxylation is 2. The molecule has 4 nitrogen and oxygen atoms in total. The summed E-state index contributed by atoms with van der Waals surface area (Å²) in [6, 6.07) is 3.34. The number of anilines is 1. The predicted molar refractivity (Wildman–Crippen MR) is 84.1 cm³/mol. The van der Waals surface area contributed by atoms with Crippen LogP contribution in [0, 0.1) is 25.2 Å². The molecule has 0 spiro atoms. The highest BCUT2D eigenvalue weighted by atomic mass is 32.2. The Morgan fingerprint density at radius 3 is 2.20 bits per heavy atom. The fourth-order valence-electron chi connectivity index (χ4n) is 1.66. The van der Waals surface area contributed by atoms with Crippen molar-refractivity contribution in [1.82, 2.24) is 4.72 Å². The van der Waals surface area contributed by atoms with Crippen LogP contribution in [0.25, 0.3) is 0 Å². The maximum Gasteiger partial charge on any atom is 0.242 e. The molecule has 114 valence electrons. The molecular formula is C15H26N2O2S. The minimum Gasteiger partial charge on any atom is -0.398 e. The van der Waals surface area contributed by atoms with Crippen LogP contribution in [-0.4, -0.2) is 15.0 Å². The van der Waals surface area contributed by atoms with Gasteiger partial charge in [-0.2, -0.15) is 0 Å². The van der Waals surface area contributed by atoms with Crippen LogP contribution in [0.5, 0.6) is 0 Å². The van der Waals surface area contributed by atoms with E-state index in [9.17, 15) is 8.42 Å². The van der Waals surface area contributed by atoms with E-state index in [1.165, 1.54) is 0 Å². The largest absolute Gasteiger partial charge is 0.398 e. The molecule has 0 saturated heterocycles. The summed E-state index contributed by atoms with van der Waals surface area (Å²) in [6.45, 7) is 12.5. The summed E-state index contributed by atoms with van der Waals surface area (Å²) < 4.78 is 27.4. The summed E-state index contributed by atoms with van der Waals surface area (Å²) in [5.41, 5.74) is 8.11. The van der Waals surface area contributed by atoms with Crippen molar-refractivity contribution in [2.45, 2.75) is 46.4 Å². The number of benzene rings is 1. The number of hydrogen-bond acceptors (Lipinski definition) is 3. The van der Waals surface area contributed by atoms with E-state index in [2.05, 4.69) is 25.5 Å². The molecule has 0 aliphatic carbocycles. The summed E-state index contributed by atoms with van der Waals surface area (Å²) in [4.78, 5) is 0.168. The fraction of sp³-hybridized carbons (Fsp3) is 0.600. The average Bonchev–Trinajstić information content (AvgIpc) is 2.29. The van der Waals surface area contributed by atoms with E-state index in [1.54, 1.807) is 12.1 Å². The second-order valence-electron chi connectivity index (χ2n) is 6.59. The Kier molecular flexibility index (Phi) is 4.87. The van der Waals surface area contributed by atoms with E-state index in [4.69, 9.17) is 5.73 Å². The second-order valence-corrected chi connectivity index (χ2v) is 8.33. The van der Waals surface area contributed by atoms with Crippen molar-refractivity contribution < 1.29 is 8.42 Å². The average molecular weight is 298 g/mol. The summed E-state index contributed by atoms with van der Waals surface area (Å²) in [7, 11) is -3.56. The molecule has 0 fully saturated rings. The van der Waals surface area contributed by atoms with Crippen molar-refractivity contribution in [3.8, 4) is 0 Å². The number of nitrogens with one attached hydrogen (secondary N) is 1. The molecule has 0 aliphatic heterocycles. The molecule has 0 aliphatic rings. The molecule has 1 atom stereocenters. The van der Waals surface area contributed by atoms with Crippen LogP contribution in [0.2, 0.25) is 0 Å². The topological polar surface area (TPSA) is 72.2 Å². The molecule has 5 heteroatoms. The van der Waals surface area contributed by atoms with Crippen molar-refractivity contribution in [3.63, 3.8) is 0 Å². The van der Waals surface area contributed by atoms with Gasteiger partial charge in [-0.05, 0) is 48.4 Å². The monoisotopic (exact) mass is 298 g/mol. The lowest BCUT2D eigenvalue weighted by Crippen LogP contribution is -2.34. The normalized spacial score (nSPS) is 14.3. The first-order valence-corrected chi connectivity index (χ1v) is 8.30. The molecule has 0 heterocycles. The van der Waals surface area contributed by atoms with Crippen LogP contribution >= 0.6 is 0 Å². The maximum atomic E-state index is 12.4. The van der Waals surface area contributed by atoms with Gasteiger partial charge >= 0.3 is 0 Å². The molecule has 1 aromatic carbocycles. The van der Waals surface area contributed by atoms with Gasteiger partial charge in [-0.25, -0.2) is 13.1 Å². The second kappa shape index (κ2) is 5.74. The third-order valence-electron chi connectivity index (χ3n) is 3.97. The van der Waals surface area contributed by atoms with Gasteiger partial charge in [0.2, 0.25) is 10.0 Å². The van der Waals surface area contributed by atoms with E-state index in [1.807, 2.05) is 20.8 Å². The van der Waals surface area contributed by atoms with Crippen molar-refractivity contribution in [3.05, 3.63) is 23.3 Å². The van der Waals surface area contributed by atoms with Crippen LogP contribution in [0.1, 0.15) is 38.8 Å². The number of nitrogens with two attached hydrogens (primary N) is 1. The molecule has 0 aromatic heterocycles. The van der Waals surface area contributed by atoms with Crippen LogP contribution < -0.4 is 10.5 Å². The SMILES string of the molecule is Cc1cc(N)c(S(=O)(=O)NCC(C)C(C)(C)C)cc1C. The Bertz CT molecular complexity index is 587. The highest BCUT2D eigenvalue weighted by Gasteiger charge is 2.24. The number of nitrogen functional groups attached to an aromatic ring is 1. The molecule has 1 unspecified atom stereocenters. The van der Waals surface area contributed by atoms with E-state index < -0.39 is 10.0 Å². The highest BCUT2D eigenvalue weighted by Crippen LogP contribution is 2.26. The van der Waals surface area contributed by atoms with Gasteiger partial charge in [0.1, 0.15) is 4.90 Å². The number of hydrogen-bond donors (Lipinski definition) is 2. The molecule has 1 aromatic rings. The van der Waals surface area contributed by atoms with Crippen molar-refractivity contribution in [2.75, 3.05) is 12.3 Å². The van der Waals surface area contributed by atoms with E-state index >= 15 is 0 Å². The van der Waals surface area contributed by atoms with Crippen LogP contribution in [0.3, 0.4) is 0 Å². The van der Waals surface area contributed by atoms with Gasteiger partial charge in [-0.1, -0.05) is 27.7 Å². The predicted octanol–water partition coefficient (Wildman–Crippen LogP) is 2.85. The first-order chi connectivity index (χ1) is 8.95. The Balaban J connectivity index is 2.98. The first-order valence-electron chi connectivity index (χ1n) is 6.81. The quantitative estimate of drug-likeness (QED) is 0.840. The highest BCUT2D eigenvalue weighted by molar-refractivity contribution is 7.89. The molecule has 1 rings (SSSR count). The van der Waals surface area contributed by atoms with Gasteiger partial charge in [0.05, 0.1) is 5.69 Å². The Morgan fingerprint density at radius 1 is 1.20 bits per heavy atom. The van der Waals surface area contributed by atoms with Gasteiger partial charge in [-0.15, -0.1) is 0 Å².